The molecule has 2 rings (SSSR count). The van der Waals surface area contributed by atoms with Gasteiger partial charge in [0.05, 0.1) is 11.0 Å². The summed E-state index contributed by atoms with van der Waals surface area (Å²) in [5.74, 6) is 0. The van der Waals surface area contributed by atoms with Crippen LogP contribution in [-0.2, 0) is 0 Å². The van der Waals surface area contributed by atoms with Crippen molar-refractivity contribution in [3.05, 3.63) is 75.8 Å². The molecule has 2 aromatic carbocycles. The summed E-state index contributed by atoms with van der Waals surface area (Å²) in [6, 6.07) is 15.1. The Kier molecular flexibility index (Phi) is 4.79. The van der Waals surface area contributed by atoms with Crippen LogP contribution in [0.4, 0.5) is 5.69 Å². The minimum atomic E-state index is -0.680. The highest BCUT2D eigenvalue weighted by Crippen LogP contribution is 2.18. The molecule has 108 valence electrons. The first kappa shape index (κ1) is 14.9. The van der Waals surface area contributed by atoms with Crippen LogP contribution >= 0.6 is 0 Å². The molecule has 0 saturated carbocycles. The molecule has 0 heterocycles. The van der Waals surface area contributed by atoms with E-state index in [4.69, 9.17) is 0 Å². The van der Waals surface area contributed by atoms with E-state index in [2.05, 4.69) is 4.99 Å². The molecule has 0 aliphatic carbocycles. The van der Waals surface area contributed by atoms with E-state index >= 15 is 0 Å². The number of benzene rings is 2. The highest BCUT2D eigenvalue weighted by atomic mass is 16.6. The summed E-state index contributed by atoms with van der Waals surface area (Å²) in [5, 5.41) is 20.7. The summed E-state index contributed by atoms with van der Waals surface area (Å²) in [6.07, 6.45) is 0.932. The maximum absolute atomic E-state index is 10.6. The molecule has 0 unspecified atom stereocenters. The average Bonchev–Trinajstić information content (AvgIpc) is 2.53. The van der Waals surface area contributed by atoms with Crippen molar-refractivity contribution in [1.29, 1.82) is 0 Å². The number of hydrogen-bond acceptors (Lipinski definition) is 4. The lowest BCUT2D eigenvalue weighted by Gasteiger charge is -2.15. The highest BCUT2D eigenvalue weighted by Gasteiger charge is 2.14. The molecule has 0 saturated heterocycles. The number of rotatable bonds is 5. The number of nitro benzene ring substituents is 1. The SMILES string of the molecule is C[C@H](N=Cc1ccc([N+](=O)[O-])cc1)[C@H](O)c1ccccc1. The Hall–Kier alpha value is -2.53. The fourth-order valence-electron chi connectivity index (χ4n) is 1.90. The molecule has 0 fully saturated rings. The second-order valence-corrected chi connectivity index (χ2v) is 4.72. The van der Waals surface area contributed by atoms with Gasteiger partial charge in [0.15, 0.2) is 0 Å². The third kappa shape index (κ3) is 3.97. The summed E-state index contributed by atoms with van der Waals surface area (Å²) in [4.78, 5) is 14.4. The van der Waals surface area contributed by atoms with E-state index < -0.39 is 11.0 Å². The fourth-order valence-corrected chi connectivity index (χ4v) is 1.90. The lowest BCUT2D eigenvalue weighted by molar-refractivity contribution is -0.384. The molecule has 0 spiro atoms. The molecule has 2 aromatic rings. The van der Waals surface area contributed by atoms with E-state index in [1.54, 1.807) is 18.3 Å². The number of nitro groups is 1. The van der Waals surface area contributed by atoms with Crippen LogP contribution in [0.15, 0.2) is 59.6 Å². The zero-order valence-electron chi connectivity index (χ0n) is 11.6. The first-order valence-corrected chi connectivity index (χ1v) is 6.58. The van der Waals surface area contributed by atoms with E-state index in [9.17, 15) is 15.2 Å². The summed E-state index contributed by atoms with van der Waals surface area (Å²) < 4.78 is 0. The van der Waals surface area contributed by atoms with Crippen LogP contribution in [0.2, 0.25) is 0 Å². The van der Waals surface area contributed by atoms with Gasteiger partial charge in [-0.15, -0.1) is 0 Å². The quantitative estimate of drug-likeness (QED) is 0.520. The molecule has 0 aliphatic heterocycles. The van der Waals surface area contributed by atoms with Crippen LogP contribution < -0.4 is 0 Å². The second-order valence-electron chi connectivity index (χ2n) is 4.72. The van der Waals surface area contributed by atoms with E-state index in [1.165, 1.54) is 12.1 Å². The van der Waals surface area contributed by atoms with E-state index in [0.717, 1.165) is 11.1 Å². The van der Waals surface area contributed by atoms with Crippen LogP contribution in [0, 0.1) is 10.1 Å². The van der Waals surface area contributed by atoms with Gasteiger partial charge in [0.1, 0.15) is 6.10 Å². The first-order chi connectivity index (χ1) is 10.1. The number of aliphatic hydroxyl groups is 1. The van der Waals surface area contributed by atoms with Crippen molar-refractivity contribution in [2.45, 2.75) is 19.1 Å². The van der Waals surface area contributed by atoms with Gasteiger partial charge in [-0.25, -0.2) is 0 Å². The molecular formula is C16H16N2O3. The van der Waals surface area contributed by atoms with Crippen molar-refractivity contribution in [2.75, 3.05) is 0 Å². The molecular weight excluding hydrogens is 268 g/mol. The third-order valence-electron chi connectivity index (χ3n) is 3.16. The van der Waals surface area contributed by atoms with Crippen LogP contribution in [-0.4, -0.2) is 22.3 Å². The van der Waals surface area contributed by atoms with Crippen molar-refractivity contribution in [1.82, 2.24) is 0 Å². The fraction of sp³-hybridized carbons (Fsp3) is 0.188. The molecule has 0 aromatic heterocycles. The first-order valence-electron chi connectivity index (χ1n) is 6.58. The molecule has 0 amide bonds. The van der Waals surface area contributed by atoms with Gasteiger partial charge in [-0.2, -0.15) is 0 Å². The molecule has 0 bridgehead atoms. The Labute approximate surface area is 122 Å². The van der Waals surface area contributed by atoms with Crippen molar-refractivity contribution in [3.63, 3.8) is 0 Å². The smallest absolute Gasteiger partial charge is 0.269 e. The van der Waals surface area contributed by atoms with Crippen LogP contribution in [0.3, 0.4) is 0 Å². The van der Waals surface area contributed by atoms with Crippen LogP contribution in [0.5, 0.6) is 0 Å². The monoisotopic (exact) mass is 284 g/mol. The van der Waals surface area contributed by atoms with Gasteiger partial charge in [-0.1, -0.05) is 30.3 Å². The topological polar surface area (TPSA) is 75.7 Å². The summed E-state index contributed by atoms with van der Waals surface area (Å²) in [6.45, 7) is 1.82. The molecule has 21 heavy (non-hydrogen) atoms. The Morgan fingerprint density at radius 1 is 1.14 bits per heavy atom. The number of non-ortho nitro benzene ring substituents is 1. The van der Waals surface area contributed by atoms with E-state index in [-0.39, 0.29) is 11.7 Å². The Morgan fingerprint density at radius 3 is 2.33 bits per heavy atom. The molecule has 0 aliphatic rings. The minimum Gasteiger partial charge on any atom is -0.386 e. The zero-order chi connectivity index (χ0) is 15.2. The van der Waals surface area contributed by atoms with Crippen molar-refractivity contribution in [3.8, 4) is 0 Å². The predicted octanol–water partition coefficient (Wildman–Crippen LogP) is 3.14. The van der Waals surface area contributed by atoms with Gasteiger partial charge in [-0.3, -0.25) is 15.1 Å². The number of aliphatic hydroxyl groups excluding tert-OH is 1. The van der Waals surface area contributed by atoms with Crippen molar-refractivity contribution < 1.29 is 10.0 Å². The minimum absolute atomic E-state index is 0.0459. The Morgan fingerprint density at radius 2 is 1.76 bits per heavy atom. The van der Waals surface area contributed by atoms with Crippen LogP contribution in [0.1, 0.15) is 24.2 Å². The predicted molar refractivity (Wildman–Crippen MR) is 81.6 cm³/mol. The van der Waals surface area contributed by atoms with E-state index in [1.807, 2.05) is 37.3 Å². The number of aliphatic imine (C=N–C) groups is 1. The Balaban J connectivity index is 2.04. The van der Waals surface area contributed by atoms with Gasteiger partial charge in [0.25, 0.3) is 5.69 Å². The van der Waals surface area contributed by atoms with Gasteiger partial charge < -0.3 is 5.11 Å². The lowest BCUT2D eigenvalue weighted by Crippen LogP contribution is -2.12. The molecule has 5 heteroatoms. The molecule has 1 N–H and O–H groups in total. The highest BCUT2D eigenvalue weighted by molar-refractivity contribution is 5.80. The standard InChI is InChI=1S/C16H16N2O3/c1-12(16(19)14-5-3-2-4-6-14)17-11-13-7-9-15(10-8-13)18(20)21/h2-12,16,19H,1H3/t12-,16-/m0/s1. The second kappa shape index (κ2) is 6.76. The van der Waals surface area contributed by atoms with Gasteiger partial charge >= 0.3 is 0 Å². The number of hydrogen-bond donors (Lipinski definition) is 1. The van der Waals surface area contributed by atoms with Crippen LogP contribution in [0.25, 0.3) is 0 Å². The Bertz CT molecular complexity index is 624. The normalized spacial score (nSPS) is 14.0. The van der Waals surface area contributed by atoms with E-state index in [0.29, 0.717) is 0 Å². The average molecular weight is 284 g/mol. The zero-order valence-corrected chi connectivity index (χ0v) is 11.6. The van der Waals surface area contributed by atoms with Crippen molar-refractivity contribution in [2.24, 2.45) is 4.99 Å². The third-order valence-corrected chi connectivity index (χ3v) is 3.16. The molecule has 2 atom stereocenters. The molecule has 0 radical (unpaired) electrons. The maximum Gasteiger partial charge on any atom is 0.269 e. The lowest BCUT2D eigenvalue weighted by atomic mass is 10.0. The maximum atomic E-state index is 10.6. The number of nitrogens with zero attached hydrogens (tertiary/aromatic N) is 2. The van der Waals surface area contributed by atoms with Gasteiger partial charge in [0, 0.05) is 18.3 Å². The van der Waals surface area contributed by atoms with Gasteiger partial charge in [-0.05, 0) is 30.2 Å². The van der Waals surface area contributed by atoms with Crippen molar-refractivity contribution >= 4 is 11.9 Å². The van der Waals surface area contributed by atoms with Gasteiger partial charge in [0.2, 0.25) is 0 Å². The summed E-state index contributed by atoms with van der Waals surface area (Å²) in [7, 11) is 0. The largest absolute Gasteiger partial charge is 0.386 e. The molecule has 5 nitrogen and oxygen atoms in total. The summed E-state index contributed by atoms with van der Waals surface area (Å²) in [5.41, 5.74) is 1.61. The summed E-state index contributed by atoms with van der Waals surface area (Å²) >= 11 is 0.